The molecule has 1 amide bonds. The van der Waals surface area contributed by atoms with Crippen LogP contribution in [-0.2, 0) is 16.6 Å². The quantitative estimate of drug-likeness (QED) is 0.578. The van der Waals surface area contributed by atoms with Crippen molar-refractivity contribution in [2.24, 2.45) is 0 Å². The Bertz CT molecular complexity index is 1010. The fourth-order valence-electron chi connectivity index (χ4n) is 3.64. The second-order valence-electron chi connectivity index (χ2n) is 8.16. The molecule has 0 aliphatic carbocycles. The molecule has 0 bridgehead atoms. The van der Waals surface area contributed by atoms with Crippen molar-refractivity contribution in [2.75, 3.05) is 56.9 Å². The van der Waals surface area contributed by atoms with E-state index >= 15 is 0 Å². The molecule has 0 aromatic heterocycles. The van der Waals surface area contributed by atoms with E-state index in [0.717, 1.165) is 49.7 Å². The van der Waals surface area contributed by atoms with E-state index in [2.05, 4.69) is 22.2 Å². The lowest BCUT2D eigenvalue weighted by atomic mass is 10.1. The van der Waals surface area contributed by atoms with Gasteiger partial charge in [-0.3, -0.25) is 9.10 Å². The van der Waals surface area contributed by atoms with E-state index in [1.807, 2.05) is 0 Å². The number of hydrogen-bond donors (Lipinski definition) is 1. The molecule has 3 rings (SSSR count). The third-order valence-electron chi connectivity index (χ3n) is 5.62. The number of anilines is 1. The Balaban J connectivity index is 1.56. The van der Waals surface area contributed by atoms with Gasteiger partial charge in [-0.05, 0) is 50.3 Å². The van der Waals surface area contributed by atoms with E-state index in [1.54, 1.807) is 42.5 Å². The molecule has 1 aliphatic heterocycles. The third kappa shape index (κ3) is 6.75. The van der Waals surface area contributed by atoms with Crippen molar-refractivity contribution >= 4 is 21.6 Å². The number of benzene rings is 2. The highest BCUT2D eigenvalue weighted by Gasteiger charge is 2.20. The van der Waals surface area contributed by atoms with Crippen LogP contribution < -0.4 is 9.62 Å². The number of carbonyl (C=O) groups is 1. The summed E-state index contributed by atoms with van der Waals surface area (Å²) in [5.41, 5.74) is 1.11. The minimum absolute atomic E-state index is 0.122. The molecule has 1 aliphatic rings. The molecule has 2 aromatic carbocycles. The van der Waals surface area contributed by atoms with Crippen LogP contribution in [0.3, 0.4) is 0 Å². The van der Waals surface area contributed by atoms with Gasteiger partial charge in [-0.2, -0.15) is 0 Å². The number of amides is 1. The first kappa shape index (κ1) is 24.2. The number of halogens is 1. The van der Waals surface area contributed by atoms with Crippen molar-refractivity contribution in [2.45, 2.75) is 13.0 Å². The number of piperazine rings is 1. The van der Waals surface area contributed by atoms with Gasteiger partial charge in [0.15, 0.2) is 0 Å². The molecule has 1 fully saturated rings. The Morgan fingerprint density at radius 3 is 2.34 bits per heavy atom. The number of rotatable bonds is 9. The third-order valence-corrected chi connectivity index (χ3v) is 6.76. The Labute approximate surface area is 189 Å². The molecule has 0 radical (unpaired) electrons. The van der Waals surface area contributed by atoms with Gasteiger partial charge >= 0.3 is 0 Å². The summed E-state index contributed by atoms with van der Waals surface area (Å²) in [5, 5.41) is 2.92. The van der Waals surface area contributed by atoms with Crippen molar-refractivity contribution in [3.05, 3.63) is 65.5 Å². The zero-order valence-electron chi connectivity index (χ0n) is 18.6. The summed E-state index contributed by atoms with van der Waals surface area (Å²) in [5.74, 6) is -0.663. The molecular formula is C23H31FN4O3S. The van der Waals surface area contributed by atoms with Crippen molar-refractivity contribution in [1.82, 2.24) is 15.1 Å². The first-order valence-corrected chi connectivity index (χ1v) is 12.6. The van der Waals surface area contributed by atoms with Gasteiger partial charge in [0.2, 0.25) is 10.0 Å². The number of likely N-dealkylation sites (N-methyl/N-ethyl adjacent to an activating group) is 1. The number of nitrogens with one attached hydrogen (secondary N) is 1. The van der Waals surface area contributed by atoms with Crippen LogP contribution in [0.2, 0.25) is 0 Å². The molecule has 0 spiro atoms. The van der Waals surface area contributed by atoms with E-state index in [9.17, 15) is 17.6 Å². The molecule has 174 valence electrons. The maximum atomic E-state index is 14.0. The van der Waals surface area contributed by atoms with Gasteiger partial charge in [0.05, 0.1) is 18.5 Å². The van der Waals surface area contributed by atoms with Crippen LogP contribution in [0.4, 0.5) is 10.1 Å². The molecule has 0 atom stereocenters. The molecule has 1 heterocycles. The average molecular weight is 463 g/mol. The van der Waals surface area contributed by atoms with Crippen molar-refractivity contribution in [3.8, 4) is 0 Å². The zero-order chi connectivity index (χ0) is 23.1. The molecule has 32 heavy (non-hydrogen) atoms. The van der Waals surface area contributed by atoms with Gasteiger partial charge < -0.3 is 15.1 Å². The first-order chi connectivity index (χ1) is 15.2. The lowest BCUT2D eigenvalue weighted by Crippen LogP contribution is -2.45. The van der Waals surface area contributed by atoms with Gasteiger partial charge in [0.25, 0.3) is 5.91 Å². The van der Waals surface area contributed by atoms with Gasteiger partial charge in [-0.25, -0.2) is 12.8 Å². The Morgan fingerprint density at radius 2 is 1.72 bits per heavy atom. The summed E-state index contributed by atoms with van der Waals surface area (Å²) in [7, 11) is -1.52. The molecule has 2 aromatic rings. The van der Waals surface area contributed by atoms with Crippen LogP contribution >= 0.6 is 0 Å². The van der Waals surface area contributed by atoms with Gasteiger partial charge in [-0.1, -0.05) is 18.2 Å². The minimum atomic E-state index is -3.64. The first-order valence-electron chi connectivity index (χ1n) is 10.7. The largest absolute Gasteiger partial charge is 0.352 e. The normalized spacial score (nSPS) is 15.5. The van der Waals surface area contributed by atoms with Crippen LogP contribution in [0.15, 0.2) is 48.5 Å². The van der Waals surface area contributed by atoms with Gasteiger partial charge in [0, 0.05) is 43.9 Å². The molecule has 1 N–H and O–H groups in total. The van der Waals surface area contributed by atoms with Crippen molar-refractivity contribution in [3.63, 3.8) is 0 Å². The number of hydrogen-bond acceptors (Lipinski definition) is 5. The summed E-state index contributed by atoms with van der Waals surface area (Å²) in [6.45, 7) is 5.65. The standard InChI is InChI=1S/C23H31FN4O3S/c1-26-14-16-27(17-15-26)13-5-12-25-23(29)19-8-10-21(11-9-19)28(32(2,30)31)18-20-6-3-4-7-22(20)24/h3-4,6-11H,5,12-18H2,1-2H3,(H,25,29). The summed E-state index contributed by atoms with van der Waals surface area (Å²) in [4.78, 5) is 17.1. The molecule has 7 nitrogen and oxygen atoms in total. The van der Waals surface area contributed by atoms with E-state index in [-0.39, 0.29) is 18.0 Å². The maximum Gasteiger partial charge on any atom is 0.251 e. The monoisotopic (exact) mass is 462 g/mol. The van der Waals surface area contributed by atoms with E-state index in [1.165, 1.54) is 6.07 Å². The fraction of sp³-hybridized carbons (Fsp3) is 0.435. The predicted molar refractivity (Wildman–Crippen MR) is 125 cm³/mol. The lowest BCUT2D eigenvalue weighted by Gasteiger charge is -2.32. The molecule has 0 saturated carbocycles. The molecule has 9 heteroatoms. The smallest absolute Gasteiger partial charge is 0.251 e. The molecule has 1 saturated heterocycles. The van der Waals surface area contributed by atoms with E-state index in [4.69, 9.17) is 0 Å². The SMILES string of the molecule is CN1CCN(CCCNC(=O)c2ccc(N(Cc3ccccc3F)S(C)(=O)=O)cc2)CC1. The maximum absolute atomic E-state index is 14.0. The Morgan fingerprint density at radius 1 is 1.06 bits per heavy atom. The topological polar surface area (TPSA) is 73.0 Å². The van der Waals surface area contributed by atoms with Gasteiger partial charge in [0.1, 0.15) is 5.82 Å². The van der Waals surface area contributed by atoms with E-state index < -0.39 is 15.8 Å². The molecular weight excluding hydrogens is 431 g/mol. The lowest BCUT2D eigenvalue weighted by molar-refractivity contribution is 0.0949. The summed E-state index contributed by atoms with van der Waals surface area (Å²) >= 11 is 0. The summed E-state index contributed by atoms with van der Waals surface area (Å²) in [6, 6.07) is 12.4. The van der Waals surface area contributed by atoms with E-state index in [0.29, 0.717) is 17.8 Å². The highest BCUT2D eigenvalue weighted by molar-refractivity contribution is 7.92. The van der Waals surface area contributed by atoms with Gasteiger partial charge in [-0.15, -0.1) is 0 Å². The van der Waals surface area contributed by atoms with Crippen molar-refractivity contribution in [1.29, 1.82) is 0 Å². The van der Waals surface area contributed by atoms with Crippen molar-refractivity contribution < 1.29 is 17.6 Å². The minimum Gasteiger partial charge on any atom is -0.352 e. The average Bonchev–Trinajstić information content (AvgIpc) is 2.76. The Kier molecular flexibility index (Phi) is 8.22. The number of nitrogens with zero attached hydrogens (tertiary/aromatic N) is 3. The van der Waals surface area contributed by atoms with Crippen LogP contribution in [0.25, 0.3) is 0 Å². The van der Waals surface area contributed by atoms with Crippen LogP contribution in [0.1, 0.15) is 22.3 Å². The summed E-state index contributed by atoms with van der Waals surface area (Å²) in [6.07, 6.45) is 1.95. The second-order valence-corrected chi connectivity index (χ2v) is 10.1. The fourth-order valence-corrected chi connectivity index (χ4v) is 4.52. The second kappa shape index (κ2) is 10.9. The Hall–Kier alpha value is -2.49. The highest BCUT2D eigenvalue weighted by Crippen LogP contribution is 2.22. The summed E-state index contributed by atoms with van der Waals surface area (Å²) < 4.78 is 39.8. The predicted octanol–water partition coefficient (Wildman–Crippen LogP) is 2.16. The molecule has 0 unspecified atom stereocenters. The highest BCUT2D eigenvalue weighted by atomic mass is 32.2. The number of sulfonamides is 1. The zero-order valence-corrected chi connectivity index (χ0v) is 19.4. The number of carbonyl (C=O) groups excluding carboxylic acids is 1. The van der Waals surface area contributed by atoms with Crippen LogP contribution in [0, 0.1) is 5.82 Å². The van der Waals surface area contributed by atoms with Crippen LogP contribution in [-0.4, -0.2) is 76.7 Å². The van der Waals surface area contributed by atoms with Crippen LogP contribution in [0.5, 0.6) is 0 Å².